The van der Waals surface area contributed by atoms with Crippen molar-refractivity contribution in [3.05, 3.63) is 35.1 Å². The predicted molar refractivity (Wildman–Crippen MR) is 48.9 cm³/mol. The van der Waals surface area contributed by atoms with Crippen LogP contribution in [-0.4, -0.2) is 6.29 Å². The van der Waals surface area contributed by atoms with Gasteiger partial charge in [-0.15, -0.1) is 0 Å². The summed E-state index contributed by atoms with van der Waals surface area (Å²) in [7, 11) is 0. The highest BCUT2D eigenvalue weighted by atomic mass is 19.1. The van der Waals surface area contributed by atoms with Crippen molar-refractivity contribution in [3.8, 4) is 17.9 Å². The van der Waals surface area contributed by atoms with Gasteiger partial charge >= 0.3 is 0 Å². The van der Waals surface area contributed by atoms with Crippen molar-refractivity contribution in [1.82, 2.24) is 0 Å². The average Bonchev–Trinajstić information content (AvgIpc) is 2.21. The molecule has 0 aromatic heterocycles. The molecule has 3 heteroatoms. The van der Waals surface area contributed by atoms with Crippen LogP contribution in [0.15, 0.2) is 18.2 Å². The molecule has 1 rings (SSSR count). The molecule has 0 radical (unpaired) electrons. The maximum atomic E-state index is 13.0. The van der Waals surface area contributed by atoms with Gasteiger partial charge in [0.1, 0.15) is 12.1 Å². The maximum absolute atomic E-state index is 13.0. The van der Waals surface area contributed by atoms with Gasteiger partial charge in [-0.3, -0.25) is 4.79 Å². The van der Waals surface area contributed by atoms with E-state index < -0.39 is 5.82 Å². The van der Waals surface area contributed by atoms with Crippen LogP contribution in [0.3, 0.4) is 0 Å². The first-order chi connectivity index (χ1) is 6.77. The van der Waals surface area contributed by atoms with E-state index in [4.69, 9.17) is 5.26 Å². The number of carbonyl (C=O) groups excluding carboxylic acids is 1. The summed E-state index contributed by atoms with van der Waals surface area (Å²) in [5, 5.41) is 8.21. The van der Waals surface area contributed by atoms with E-state index in [1.165, 1.54) is 18.2 Å². The Labute approximate surface area is 81.0 Å². The van der Waals surface area contributed by atoms with Gasteiger partial charge in [0.25, 0.3) is 0 Å². The minimum Gasteiger partial charge on any atom is -0.298 e. The molecule has 0 aliphatic carbocycles. The van der Waals surface area contributed by atoms with Gasteiger partial charge in [-0.25, -0.2) is 4.39 Å². The van der Waals surface area contributed by atoms with Gasteiger partial charge in [0, 0.05) is 5.56 Å². The largest absolute Gasteiger partial charge is 0.298 e. The van der Waals surface area contributed by atoms with Gasteiger partial charge in [0.05, 0.1) is 18.1 Å². The molecule has 0 aliphatic heterocycles. The fraction of sp³-hybridized carbons (Fsp3) is 0.0909. The summed E-state index contributed by atoms with van der Waals surface area (Å²) in [6, 6.07) is 5.73. The van der Waals surface area contributed by atoms with E-state index in [0.717, 1.165) is 0 Å². The quantitative estimate of drug-likeness (QED) is 0.497. The molecule has 0 N–H and O–H groups in total. The smallest absolute Gasteiger partial charge is 0.150 e. The molecule has 0 spiro atoms. The van der Waals surface area contributed by atoms with Crippen molar-refractivity contribution < 1.29 is 9.18 Å². The number of rotatable bonds is 1. The van der Waals surface area contributed by atoms with Gasteiger partial charge in [-0.05, 0) is 18.2 Å². The third kappa shape index (κ3) is 2.43. The molecule has 68 valence electrons. The Morgan fingerprint density at radius 3 is 2.93 bits per heavy atom. The van der Waals surface area contributed by atoms with Crippen LogP contribution in [0.5, 0.6) is 0 Å². The van der Waals surface area contributed by atoms with E-state index >= 15 is 0 Å². The number of hydrogen-bond donors (Lipinski definition) is 0. The van der Waals surface area contributed by atoms with E-state index in [0.29, 0.717) is 11.8 Å². The summed E-state index contributed by atoms with van der Waals surface area (Å²) >= 11 is 0. The van der Waals surface area contributed by atoms with Crippen LogP contribution in [0.2, 0.25) is 0 Å². The number of halogens is 1. The molecule has 0 fully saturated rings. The predicted octanol–water partition coefficient (Wildman–Crippen LogP) is 1.90. The molecular formula is C11H6FNO. The first-order valence-electron chi connectivity index (χ1n) is 3.88. The molecule has 0 bridgehead atoms. The number of carbonyl (C=O) groups is 1. The summed E-state index contributed by atoms with van der Waals surface area (Å²) in [4.78, 5) is 10.4. The van der Waals surface area contributed by atoms with Crippen molar-refractivity contribution in [2.24, 2.45) is 0 Å². The van der Waals surface area contributed by atoms with E-state index in [-0.39, 0.29) is 12.0 Å². The first kappa shape index (κ1) is 9.95. The monoisotopic (exact) mass is 187 g/mol. The molecule has 1 aromatic rings. The zero-order chi connectivity index (χ0) is 10.4. The van der Waals surface area contributed by atoms with Gasteiger partial charge in [-0.1, -0.05) is 11.8 Å². The van der Waals surface area contributed by atoms with E-state index in [1.807, 2.05) is 6.07 Å². The van der Waals surface area contributed by atoms with Crippen molar-refractivity contribution >= 4 is 6.29 Å². The van der Waals surface area contributed by atoms with Crippen LogP contribution in [0.4, 0.5) is 4.39 Å². The molecule has 0 atom stereocenters. The molecule has 0 saturated heterocycles. The standard InChI is InChI=1S/C11H6FNO/c12-11-5-4-9(8-14)7-10(11)3-1-2-6-13/h4-5,7-8H,2H2. The summed E-state index contributed by atoms with van der Waals surface area (Å²) in [6.45, 7) is 0. The van der Waals surface area contributed by atoms with Crippen LogP contribution in [0.1, 0.15) is 22.3 Å². The highest BCUT2D eigenvalue weighted by molar-refractivity contribution is 5.75. The molecule has 0 heterocycles. The SMILES string of the molecule is N#CCC#Cc1cc(C=O)ccc1F. The first-order valence-corrected chi connectivity index (χ1v) is 3.88. The Bertz CT molecular complexity index is 449. The third-order valence-electron chi connectivity index (χ3n) is 1.52. The summed E-state index contributed by atoms with van der Waals surface area (Å²) in [5.74, 6) is 4.47. The number of nitrogens with zero attached hydrogens (tertiary/aromatic N) is 1. The zero-order valence-corrected chi connectivity index (χ0v) is 7.25. The Kier molecular flexibility index (Phi) is 3.41. The van der Waals surface area contributed by atoms with Gasteiger partial charge in [0.2, 0.25) is 0 Å². The summed E-state index contributed by atoms with van der Waals surface area (Å²) in [5.41, 5.74) is 0.512. The van der Waals surface area contributed by atoms with Gasteiger partial charge < -0.3 is 0 Å². The molecule has 0 amide bonds. The van der Waals surface area contributed by atoms with Crippen molar-refractivity contribution in [1.29, 1.82) is 5.26 Å². The van der Waals surface area contributed by atoms with Crippen LogP contribution in [0.25, 0.3) is 0 Å². The molecule has 0 aliphatic rings. The molecule has 2 nitrogen and oxygen atoms in total. The van der Waals surface area contributed by atoms with Crippen molar-refractivity contribution in [2.75, 3.05) is 0 Å². The zero-order valence-electron chi connectivity index (χ0n) is 7.25. The fourth-order valence-corrected chi connectivity index (χ4v) is 0.891. The topological polar surface area (TPSA) is 40.9 Å². The maximum Gasteiger partial charge on any atom is 0.150 e. The van der Waals surface area contributed by atoms with Crippen LogP contribution < -0.4 is 0 Å². The molecule has 0 unspecified atom stereocenters. The Hall–Kier alpha value is -2.13. The molecular weight excluding hydrogens is 181 g/mol. The average molecular weight is 187 g/mol. The Morgan fingerprint density at radius 1 is 1.50 bits per heavy atom. The minimum atomic E-state index is -0.485. The van der Waals surface area contributed by atoms with Crippen LogP contribution >= 0.6 is 0 Å². The second kappa shape index (κ2) is 4.79. The third-order valence-corrected chi connectivity index (χ3v) is 1.52. The van der Waals surface area contributed by atoms with E-state index in [2.05, 4.69) is 11.8 Å². The van der Waals surface area contributed by atoms with Crippen LogP contribution in [0, 0.1) is 29.0 Å². The lowest BCUT2D eigenvalue weighted by Crippen LogP contribution is -1.87. The van der Waals surface area contributed by atoms with Gasteiger partial charge in [-0.2, -0.15) is 5.26 Å². The number of nitriles is 1. The summed E-state index contributed by atoms with van der Waals surface area (Å²) < 4.78 is 13.0. The molecule has 1 aromatic carbocycles. The Balaban J connectivity index is 3.03. The lowest BCUT2D eigenvalue weighted by atomic mass is 10.1. The fourth-order valence-electron chi connectivity index (χ4n) is 0.891. The van der Waals surface area contributed by atoms with Gasteiger partial charge in [0.15, 0.2) is 0 Å². The number of aldehydes is 1. The second-order valence-electron chi connectivity index (χ2n) is 2.49. The normalized spacial score (nSPS) is 8.29. The van der Waals surface area contributed by atoms with Crippen LogP contribution in [-0.2, 0) is 0 Å². The van der Waals surface area contributed by atoms with E-state index in [1.54, 1.807) is 0 Å². The number of benzene rings is 1. The second-order valence-corrected chi connectivity index (χ2v) is 2.49. The number of hydrogen-bond acceptors (Lipinski definition) is 2. The molecule has 0 saturated carbocycles. The molecule has 14 heavy (non-hydrogen) atoms. The van der Waals surface area contributed by atoms with Crippen molar-refractivity contribution in [2.45, 2.75) is 6.42 Å². The highest BCUT2D eigenvalue weighted by Crippen LogP contribution is 2.07. The lowest BCUT2D eigenvalue weighted by molar-refractivity contribution is 0.112. The Morgan fingerprint density at radius 2 is 2.29 bits per heavy atom. The lowest BCUT2D eigenvalue weighted by Gasteiger charge is -1.94. The van der Waals surface area contributed by atoms with Crippen molar-refractivity contribution in [3.63, 3.8) is 0 Å². The summed E-state index contributed by atoms with van der Waals surface area (Å²) in [6.07, 6.45) is 0.666. The minimum absolute atomic E-state index is 0.0464. The van der Waals surface area contributed by atoms with E-state index in [9.17, 15) is 9.18 Å². The highest BCUT2D eigenvalue weighted by Gasteiger charge is 1.99.